The molecule has 292 valence electrons. The maximum atomic E-state index is 13.7. The molecule has 0 spiro atoms. The van der Waals surface area contributed by atoms with Crippen LogP contribution >= 0.6 is 0 Å². The van der Waals surface area contributed by atoms with E-state index in [4.69, 9.17) is 19.9 Å². The minimum atomic E-state index is -4.04. The lowest BCUT2D eigenvalue weighted by atomic mass is 10.0. The summed E-state index contributed by atoms with van der Waals surface area (Å²) < 4.78 is 50.5. The topological polar surface area (TPSA) is 197 Å². The Kier molecular flexibility index (Phi) is 21.4. The zero-order valence-electron chi connectivity index (χ0n) is 32.2. The number of esters is 1. The average molecular weight is 742 g/mol. The van der Waals surface area contributed by atoms with Crippen LogP contribution in [0.3, 0.4) is 0 Å². The van der Waals surface area contributed by atoms with Crippen LogP contribution in [0.1, 0.15) is 109 Å². The summed E-state index contributed by atoms with van der Waals surface area (Å²) in [5, 5.41) is 5.93. The molecule has 2 amide bonds. The second-order valence-corrected chi connectivity index (χ2v) is 14.6. The monoisotopic (exact) mass is 741 g/mol. The number of hydrogen-bond acceptors (Lipinski definition) is 10. The van der Waals surface area contributed by atoms with E-state index in [2.05, 4.69) is 25.1 Å². The fourth-order valence-corrected chi connectivity index (χ4v) is 7.20. The van der Waals surface area contributed by atoms with Crippen molar-refractivity contribution in [2.24, 2.45) is 16.6 Å². The lowest BCUT2D eigenvalue weighted by molar-refractivity contribution is -0.161. The zero-order chi connectivity index (χ0) is 38.6. The van der Waals surface area contributed by atoms with E-state index in [-0.39, 0.29) is 53.9 Å². The summed E-state index contributed by atoms with van der Waals surface area (Å²) in [6.45, 7) is 13.9. The largest absolute Gasteiger partial charge is 0.496 e. The summed E-state index contributed by atoms with van der Waals surface area (Å²) in [5.74, 6) is -0.327. The smallest absolute Gasteiger partial charge is 0.305 e. The molecule has 51 heavy (non-hydrogen) atoms. The van der Waals surface area contributed by atoms with Crippen LogP contribution in [0.15, 0.2) is 16.0 Å². The van der Waals surface area contributed by atoms with Gasteiger partial charge in [-0.15, -0.1) is 0 Å². The lowest BCUT2D eigenvalue weighted by Crippen LogP contribution is -2.54. The first-order valence-electron chi connectivity index (χ1n) is 18.0. The Morgan fingerprint density at radius 1 is 0.882 bits per heavy atom. The van der Waals surface area contributed by atoms with Crippen molar-refractivity contribution in [1.82, 2.24) is 15.4 Å². The Morgan fingerprint density at radius 3 is 2.06 bits per heavy atom. The van der Waals surface area contributed by atoms with Crippen LogP contribution in [0.4, 0.5) is 0 Å². The van der Waals surface area contributed by atoms with E-state index in [1.165, 1.54) is 14.2 Å². The lowest BCUT2D eigenvalue weighted by Gasteiger charge is -2.30. The summed E-state index contributed by atoms with van der Waals surface area (Å²) >= 11 is 0. The zero-order valence-corrected chi connectivity index (χ0v) is 33.0. The molecule has 5 N–H and O–H groups in total. The number of sulfonamides is 1. The number of hydrogen-bond donors (Lipinski definition) is 4. The number of aryl methyl sites for hydroxylation is 1. The van der Waals surface area contributed by atoms with Crippen LogP contribution in [0.25, 0.3) is 0 Å². The molecule has 1 aromatic carbocycles. The van der Waals surface area contributed by atoms with Crippen molar-refractivity contribution in [3.8, 4) is 5.75 Å². The van der Waals surface area contributed by atoms with Gasteiger partial charge in [-0.3, -0.25) is 19.4 Å². The fraction of sp³-hybridized carbons (Fsp3) is 0.722. The molecule has 2 atom stereocenters. The molecule has 0 aliphatic carbocycles. The molecular weight excluding hydrogens is 678 g/mol. The van der Waals surface area contributed by atoms with Gasteiger partial charge in [-0.2, -0.15) is 0 Å². The maximum Gasteiger partial charge on any atom is 0.305 e. The third kappa shape index (κ3) is 16.6. The number of carbonyl (C=O) groups excluding carboxylic acids is 3. The first-order valence-corrected chi connectivity index (χ1v) is 19.5. The van der Waals surface area contributed by atoms with Crippen LogP contribution < -0.4 is 25.8 Å². The third-order valence-corrected chi connectivity index (χ3v) is 9.99. The fourth-order valence-electron chi connectivity index (χ4n) is 5.72. The second-order valence-electron chi connectivity index (χ2n) is 13.0. The summed E-state index contributed by atoms with van der Waals surface area (Å²) in [5.41, 5.74) is 7.75. The van der Waals surface area contributed by atoms with E-state index >= 15 is 0 Å². The Hall–Kier alpha value is -3.43. The van der Waals surface area contributed by atoms with Gasteiger partial charge in [-0.1, -0.05) is 33.1 Å². The number of ether oxygens (including phenoxy) is 4. The molecule has 0 heterocycles. The van der Waals surface area contributed by atoms with Crippen LogP contribution in [0, 0.1) is 26.7 Å². The van der Waals surface area contributed by atoms with E-state index < -0.39 is 28.4 Å². The number of nitrogens with two attached hydrogens (primary N) is 1. The van der Waals surface area contributed by atoms with Crippen LogP contribution in [0.2, 0.25) is 0 Å². The molecular formula is C36H63N5O9S. The van der Waals surface area contributed by atoms with Crippen LogP contribution in [-0.2, 0) is 38.6 Å². The number of nitrogens with one attached hydrogen (secondary N) is 3. The molecule has 0 bridgehead atoms. The van der Waals surface area contributed by atoms with Gasteiger partial charge in [-0.25, -0.2) is 13.1 Å². The summed E-state index contributed by atoms with van der Waals surface area (Å²) in [6.07, 6.45) is 5.04. The molecule has 0 saturated heterocycles. The Morgan fingerprint density at radius 2 is 1.49 bits per heavy atom. The Labute approximate surface area is 305 Å². The number of aliphatic imine (C=N–C) groups is 1. The van der Waals surface area contributed by atoms with E-state index in [0.29, 0.717) is 61.3 Å². The maximum absolute atomic E-state index is 13.7. The van der Waals surface area contributed by atoms with Gasteiger partial charge in [-0.05, 0) is 95.4 Å². The molecule has 1 aromatic rings. The quantitative estimate of drug-likeness (QED) is 0.0369. The summed E-state index contributed by atoms with van der Waals surface area (Å²) in [6, 6.07) is 0.337. The molecule has 14 nitrogen and oxygen atoms in total. The number of unbranched alkanes of at least 4 members (excludes halogenated alkanes) is 4. The Balaban J connectivity index is 3.01. The standard InChI is InChI=1S/C36H63N5O9S/c1-10-49-35(50-11-2)29(22-24(3)4)40-34(44)28(39-31(42)19-15-13-12-14-16-20-32(43)48-9)18-17-21-38-36(37)41-51(45,46)33-25(5)23-30(47-8)26(6)27(33)7/h23-24,28-29,35H,10-22H2,1-9H3,(H,39,42)(H,40,44)(H3,37,38,41)/t28-,29-/m0/s1. The SMILES string of the molecule is CCOC(OCC)[C@H](CC(C)C)NC(=O)[C@H](CCCN=C(N)NS(=O)(=O)c1c(C)cc(OC)c(C)c1C)NC(=O)CCCCCCCC(=O)OC. The Bertz CT molecular complexity index is 1380. The predicted octanol–water partition coefficient (Wildman–Crippen LogP) is 4.31. The van der Waals surface area contributed by atoms with E-state index in [0.717, 1.165) is 25.7 Å². The van der Waals surface area contributed by atoms with E-state index in [9.17, 15) is 22.8 Å². The molecule has 0 aliphatic heterocycles. The molecule has 0 aromatic heterocycles. The van der Waals surface area contributed by atoms with Crippen molar-refractivity contribution in [2.75, 3.05) is 34.0 Å². The van der Waals surface area contributed by atoms with Crippen molar-refractivity contribution < 1.29 is 41.7 Å². The third-order valence-electron chi connectivity index (χ3n) is 8.35. The van der Waals surface area contributed by atoms with E-state index in [1.807, 2.05) is 27.7 Å². The molecule has 0 fully saturated rings. The number of guanidine groups is 1. The molecule has 0 unspecified atom stereocenters. The molecule has 1 rings (SSSR count). The average Bonchev–Trinajstić information content (AvgIpc) is 3.06. The van der Waals surface area contributed by atoms with Crippen LogP contribution in [-0.4, -0.2) is 84.5 Å². The van der Waals surface area contributed by atoms with E-state index in [1.54, 1.807) is 26.8 Å². The highest BCUT2D eigenvalue weighted by Crippen LogP contribution is 2.30. The van der Waals surface area contributed by atoms with Crippen molar-refractivity contribution >= 4 is 33.8 Å². The van der Waals surface area contributed by atoms with Gasteiger partial charge in [0, 0.05) is 32.6 Å². The van der Waals surface area contributed by atoms with Gasteiger partial charge >= 0.3 is 5.97 Å². The van der Waals surface area contributed by atoms with Gasteiger partial charge in [0.1, 0.15) is 11.8 Å². The number of methoxy groups -OCH3 is 2. The number of amides is 2. The predicted molar refractivity (Wildman–Crippen MR) is 198 cm³/mol. The second kappa shape index (κ2) is 23.9. The highest BCUT2D eigenvalue weighted by atomic mass is 32.2. The van der Waals surface area contributed by atoms with Gasteiger partial charge in [0.25, 0.3) is 10.0 Å². The first-order chi connectivity index (χ1) is 24.1. The summed E-state index contributed by atoms with van der Waals surface area (Å²) in [4.78, 5) is 42.3. The molecule has 15 heteroatoms. The normalized spacial score (nSPS) is 13.2. The number of nitrogens with zero attached hydrogens (tertiary/aromatic N) is 1. The van der Waals surface area contributed by atoms with Gasteiger partial charge in [0.05, 0.1) is 25.2 Å². The molecule has 0 radical (unpaired) electrons. The highest BCUT2D eigenvalue weighted by molar-refractivity contribution is 7.90. The van der Waals surface area contributed by atoms with Crippen molar-refractivity contribution in [3.63, 3.8) is 0 Å². The van der Waals surface area contributed by atoms with Crippen molar-refractivity contribution in [3.05, 3.63) is 22.8 Å². The minimum Gasteiger partial charge on any atom is -0.496 e. The van der Waals surface area contributed by atoms with Gasteiger partial charge in [0.15, 0.2) is 6.29 Å². The minimum absolute atomic E-state index is 0.105. The van der Waals surface area contributed by atoms with Crippen molar-refractivity contribution in [1.29, 1.82) is 0 Å². The van der Waals surface area contributed by atoms with Gasteiger partial charge in [0.2, 0.25) is 17.8 Å². The molecule has 0 saturated carbocycles. The van der Waals surface area contributed by atoms with Gasteiger partial charge < -0.3 is 35.3 Å². The number of benzene rings is 1. The first kappa shape index (κ1) is 45.6. The number of rotatable bonds is 25. The van der Waals surface area contributed by atoms with Crippen molar-refractivity contribution in [2.45, 2.75) is 136 Å². The summed E-state index contributed by atoms with van der Waals surface area (Å²) in [7, 11) is -1.14. The highest BCUT2D eigenvalue weighted by Gasteiger charge is 2.29. The molecule has 0 aliphatic rings. The number of carbonyl (C=O) groups is 3. The van der Waals surface area contributed by atoms with Crippen LogP contribution in [0.5, 0.6) is 5.75 Å².